The van der Waals surface area contributed by atoms with Crippen LogP contribution < -0.4 is 92.6 Å². The van der Waals surface area contributed by atoms with Gasteiger partial charge in [0.2, 0.25) is 5.91 Å². The number of ether oxygens (including phenoxy) is 10. The maximum absolute atomic E-state index is 14.2. The number of nitrogens with one attached hydrogen (secondary N) is 2. The Labute approximate surface area is 859 Å². The van der Waals surface area contributed by atoms with Crippen molar-refractivity contribution in [2.75, 3.05) is 114 Å². The van der Waals surface area contributed by atoms with Crippen molar-refractivity contribution in [2.24, 2.45) is 17.8 Å². The number of carbonyl (C=O) groups is 6. The third kappa shape index (κ3) is 30.2. The van der Waals surface area contributed by atoms with Crippen LogP contribution in [0.15, 0.2) is 164 Å². The van der Waals surface area contributed by atoms with Gasteiger partial charge in [-0.3, -0.25) is 33.8 Å². The van der Waals surface area contributed by atoms with Gasteiger partial charge in [0.05, 0.1) is 90.8 Å². The number of halogens is 13. The van der Waals surface area contributed by atoms with Crippen LogP contribution in [0.4, 0.5) is 73.6 Å². The zero-order valence-electron chi connectivity index (χ0n) is 80.4. The molecule has 0 radical (unpaired) electrons. The number of methoxy groups -OCH3 is 6. The van der Waals surface area contributed by atoms with Crippen molar-refractivity contribution in [3.8, 4) is 51.7 Å². The van der Waals surface area contributed by atoms with Crippen molar-refractivity contribution >= 4 is 120 Å². The van der Waals surface area contributed by atoms with E-state index in [0.29, 0.717) is 183 Å². The number of alkyl halides is 10. The number of nitrogens with two attached hydrogens (primary N) is 1. The van der Waals surface area contributed by atoms with Gasteiger partial charge in [-0.05, 0) is 205 Å². The summed E-state index contributed by atoms with van der Waals surface area (Å²) in [5, 5.41) is 17.1. The fraction of sp³-hybridized carbons (Fsp3) is 0.412. The van der Waals surface area contributed by atoms with Gasteiger partial charge >= 0.3 is 55.3 Å². The summed E-state index contributed by atoms with van der Waals surface area (Å²) in [6.07, 6.45) is -10.2. The molecule has 0 bridgehead atoms. The Morgan fingerprint density at radius 1 is 0.448 bits per heavy atom. The first-order chi connectivity index (χ1) is 66.4. The van der Waals surface area contributed by atoms with E-state index in [4.69, 9.17) is 93.0 Å². The van der Waals surface area contributed by atoms with E-state index in [2.05, 4.69) is 75.9 Å². The molecule has 6 N–H and O–H groups in total. The summed E-state index contributed by atoms with van der Waals surface area (Å²) in [6, 6.07) is 41.5. The van der Waals surface area contributed by atoms with Crippen molar-refractivity contribution in [2.45, 2.75) is 173 Å². The summed E-state index contributed by atoms with van der Waals surface area (Å²) >= 11 is 21.4. The fourth-order valence-electron chi connectivity index (χ4n) is 16.9. The van der Waals surface area contributed by atoms with E-state index in [1.54, 1.807) is 141 Å². The van der Waals surface area contributed by atoms with Gasteiger partial charge in [0.15, 0.2) is 0 Å². The number of carboxylic acid groups (broad SMARTS) is 1. The SMILES string of the molecule is C.CCN(C(C)C)C(C)C.CCOC(=O)C1CC(Oc2cc(NC(C(=O)N3CCc4cc(OC)c(C(F)(F)F)cc43)c3ccc(Cl)cc3)cc(OC)c2)C1.COOC(=O)C1CC(Oc2cc(N)cc(OC)c2)C1.COc1cc(NC(C(=O)N2CCc3cc(OC)c(C(F)(F)F)cc32)c2ccc(Cl)cc2)cc(OC2CC(C(=O)O)C2)c1.COc1cc2c(cc1C(F)(F)F)N(C(=O)C(Br)c1ccc(Cl)cc1)CC2.[Li+].[OH-]. The number of amides is 3. The molecule has 143 heavy (non-hydrogen) atoms. The third-order valence-electron chi connectivity index (χ3n) is 24.2. The van der Waals surface area contributed by atoms with Crippen LogP contribution in [-0.4, -0.2) is 164 Å². The standard InChI is InChI=1S/C32H32ClF3N2O6.C30H28ClF3N2O6.C18H14BrClF3NO2.C13H17NO5.C8H19N.CH4.Li.H2O/c1-4-43-31(40)20-11-24(12-20)44-25-15-22(14-23(16-25)41-2)37-29(18-5-7-21(33)8-6-18)30(39)38-10-9-19-13-28(42-3)26(17-27(19)38)32(34,35)36;1-40-21-12-20(13-23(14-21)42-22-9-18(10-22)29(38)39)35-27(16-3-5-19(31)6-4-16)28(37)36-8-7-17-11-26(41-2)24(15-25(17)36)30(32,33)34;1-26-15-8-11-6-7-24(14(11)9-13(15)18(21,22)23)17(25)16(19)10-2-4-12(20)5-3-10;1-16-10-5-9(14)6-12(7-10)18-11-3-8(4-11)13(15)19-17-2;1-6-9(7(2)3)8(4)5;;;/h5-8,13-17,20,24,29,37H,4,9-12H2,1-3H3;3-6,11-15,18,22,27,35H,7-10H2,1-2H3,(H,38,39);2-5,8-9,16H,6-7H2,1H3;5-8,11H,3-4,14H2,1-2H3;7-8H,6H2,1-5H3;1H4;;1H2/q;;;;;;+1;/p-1. The molecule has 15 rings (SSSR count). The molecule has 0 spiro atoms. The third-order valence-corrected chi connectivity index (χ3v) is 25.9. The molecule has 770 valence electrons. The molecule has 0 aromatic heterocycles. The van der Waals surface area contributed by atoms with Crippen LogP contribution in [0, 0.1) is 17.8 Å². The van der Waals surface area contributed by atoms with E-state index in [-0.39, 0.29) is 127 Å². The summed E-state index contributed by atoms with van der Waals surface area (Å²) < 4.78 is 177. The molecule has 0 saturated heterocycles. The Morgan fingerprint density at radius 3 is 1.06 bits per heavy atom. The molecule has 3 saturated carbocycles. The average Bonchev–Trinajstić information content (AvgIpc) is 1.70. The number of rotatable bonds is 30. The number of carboxylic acids is 1. The Kier molecular flexibility index (Phi) is 42.4. The van der Waals surface area contributed by atoms with Crippen LogP contribution in [0.25, 0.3) is 0 Å². The minimum absolute atomic E-state index is 0. The predicted molar refractivity (Wildman–Crippen MR) is 524 cm³/mol. The van der Waals surface area contributed by atoms with Crippen molar-refractivity contribution in [3.05, 3.63) is 229 Å². The maximum Gasteiger partial charge on any atom is 1.00 e. The number of benzene rings is 9. The summed E-state index contributed by atoms with van der Waals surface area (Å²) in [5.74, 6) is -1.30. The topological polar surface area (TPSA) is 326 Å². The van der Waals surface area contributed by atoms with Crippen molar-refractivity contribution < 1.29 is 155 Å². The van der Waals surface area contributed by atoms with E-state index >= 15 is 0 Å². The second-order valence-electron chi connectivity index (χ2n) is 34.1. The predicted octanol–water partition coefficient (Wildman–Crippen LogP) is 19.7. The number of anilines is 6. The summed E-state index contributed by atoms with van der Waals surface area (Å²) in [4.78, 5) is 90.2. The molecule has 9 aromatic rings. The molecular weight excluding hydrogens is 2010 g/mol. The van der Waals surface area contributed by atoms with Gasteiger partial charge in [-0.2, -0.15) is 44.4 Å². The fourth-order valence-corrected chi connectivity index (χ4v) is 17.8. The van der Waals surface area contributed by atoms with Gasteiger partial charge < -0.3 is 89.0 Å². The number of aliphatic carboxylic acids is 1. The van der Waals surface area contributed by atoms with Gasteiger partial charge in [0.25, 0.3) is 11.8 Å². The van der Waals surface area contributed by atoms with Gasteiger partial charge in [-0.15, -0.1) is 0 Å². The molecule has 3 fully saturated rings. The van der Waals surface area contributed by atoms with Crippen molar-refractivity contribution in [1.29, 1.82) is 0 Å². The van der Waals surface area contributed by atoms with E-state index in [0.717, 1.165) is 24.7 Å². The summed E-state index contributed by atoms with van der Waals surface area (Å²) in [6.45, 7) is 15.1. The molecule has 3 aliphatic carbocycles. The molecule has 3 atom stereocenters. The Balaban J connectivity index is 0.000000233. The van der Waals surface area contributed by atoms with Crippen LogP contribution in [0.1, 0.15) is 154 Å². The zero-order valence-corrected chi connectivity index (χ0v) is 84.2. The number of fused-ring (bicyclic) bond motifs is 3. The number of hydrogen-bond donors (Lipinski definition) is 4. The monoisotopic (exact) mass is 2120 g/mol. The first-order valence-electron chi connectivity index (χ1n) is 44.8. The second kappa shape index (κ2) is 51.9. The summed E-state index contributed by atoms with van der Waals surface area (Å²) in [5.41, 5.74) is 8.63. The Bertz CT molecular complexity index is 5820. The largest absolute Gasteiger partial charge is 1.00 e. The molecule has 6 aliphatic rings. The zero-order chi connectivity index (χ0) is 102. The number of esters is 1. The van der Waals surface area contributed by atoms with Gasteiger partial charge in [-0.1, -0.05) is 101 Å². The smallest absolute Gasteiger partial charge is 0.870 e. The van der Waals surface area contributed by atoms with Crippen LogP contribution in [0.2, 0.25) is 15.1 Å². The van der Waals surface area contributed by atoms with E-state index in [1.165, 1.54) is 75.6 Å². The number of nitrogens with zero attached hydrogens (tertiary/aromatic N) is 4. The van der Waals surface area contributed by atoms with E-state index in [9.17, 15) is 68.3 Å². The van der Waals surface area contributed by atoms with Crippen LogP contribution >= 0.6 is 50.7 Å². The number of carbonyl (C=O) groups excluding carboxylic acids is 5. The molecule has 3 unspecified atom stereocenters. The minimum atomic E-state index is -4.67. The van der Waals surface area contributed by atoms with Crippen molar-refractivity contribution in [1.82, 2.24) is 4.90 Å². The molecule has 3 heterocycles. The number of nitrogen functional groups attached to an aromatic ring is 1. The van der Waals surface area contributed by atoms with Crippen molar-refractivity contribution in [3.63, 3.8) is 0 Å². The normalized spacial score (nSPS) is 17.3. The first kappa shape index (κ1) is 117. The quantitative estimate of drug-likeness (QED) is 0.00618. The van der Waals surface area contributed by atoms with Gasteiger partial charge in [0.1, 0.15) is 87.0 Å². The Morgan fingerprint density at radius 2 is 0.755 bits per heavy atom. The van der Waals surface area contributed by atoms with Gasteiger partial charge in [0, 0.05) is 136 Å². The van der Waals surface area contributed by atoms with Gasteiger partial charge in [-0.25, -0.2) is 4.79 Å². The van der Waals surface area contributed by atoms with Crippen LogP contribution in [0.5, 0.6) is 51.7 Å². The minimum Gasteiger partial charge on any atom is -0.870 e. The van der Waals surface area contributed by atoms with Crippen LogP contribution in [0.3, 0.4) is 0 Å². The molecule has 27 nitrogen and oxygen atoms in total. The van der Waals surface area contributed by atoms with E-state index in [1.807, 2.05) is 0 Å². The summed E-state index contributed by atoms with van der Waals surface area (Å²) in [7, 11) is 9.41. The molecule has 9 aromatic carbocycles. The number of hydrogen-bond acceptors (Lipinski definition) is 23. The Hall–Kier alpha value is -11.4. The van der Waals surface area contributed by atoms with E-state index < -0.39 is 75.8 Å². The molecular formula is C102H115BrCl3F9LiN7O20. The first-order valence-corrected chi connectivity index (χ1v) is 46.9. The second-order valence-corrected chi connectivity index (χ2v) is 36.3. The maximum atomic E-state index is 14.2. The molecule has 3 amide bonds. The average molecular weight is 2120 g/mol. The molecule has 3 aliphatic heterocycles. The molecule has 41 heteroatoms. The van der Waals surface area contributed by atoms with Crippen LogP contribution in [-0.2, 0) is 81.1 Å².